The molecule has 2 heteroatoms. The molecule has 0 aliphatic carbocycles. The summed E-state index contributed by atoms with van der Waals surface area (Å²) < 4.78 is 0. The summed E-state index contributed by atoms with van der Waals surface area (Å²) in [6, 6.07) is 0. The van der Waals surface area contributed by atoms with E-state index in [2.05, 4.69) is 13.8 Å². The second-order valence-corrected chi connectivity index (χ2v) is 2.97. The van der Waals surface area contributed by atoms with Gasteiger partial charge >= 0.3 is 0 Å². The minimum Gasteiger partial charge on any atom is -0.390 e. The highest BCUT2D eigenvalue weighted by molar-refractivity contribution is 7.80. The first-order valence-corrected chi connectivity index (χ1v) is 4.04. The van der Waals surface area contributed by atoms with Crippen molar-refractivity contribution >= 4 is 17.2 Å². The Kier molecular flexibility index (Phi) is 5.22. The molecule has 0 saturated carbocycles. The zero-order valence-electron chi connectivity index (χ0n) is 6.68. The summed E-state index contributed by atoms with van der Waals surface area (Å²) in [5.41, 5.74) is 6.61. The molecule has 0 aliphatic rings. The molecule has 0 aromatic carbocycles. The zero-order valence-corrected chi connectivity index (χ0v) is 7.50. The lowest BCUT2D eigenvalue weighted by Gasteiger charge is -1.96. The fourth-order valence-electron chi connectivity index (χ4n) is 0.771. The van der Waals surface area contributed by atoms with E-state index in [4.69, 9.17) is 18.0 Å². The predicted octanol–water partition coefficient (Wildman–Crippen LogP) is 2.41. The quantitative estimate of drug-likeness (QED) is 0.501. The Bertz CT molecular complexity index is 138. The van der Waals surface area contributed by atoms with E-state index < -0.39 is 0 Å². The predicted molar refractivity (Wildman–Crippen MR) is 50.1 cm³/mol. The van der Waals surface area contributed by atoms with Crippen LogP contribution in [0.25, 0.3) is 0 Å². The maximum absolute atomic E-state index is 5.32. The highest BCUT2D eigenvalue weighted by Crippen LogP contribution is 2.04. The van der Waals surface area contributed by atoms with Gasteiger partial charge in [0.15, 0.2) is 0 Å². The van der Waals surface area contributed by atoms with Gasteiger partial charge in [-0.1, -0.05) is 31.1 Å². The number of thiocarbonyl (C=S) groups is 1. The molecule has 58 valence electrons. The largest absolute Gasteiger partial charge is 0.390 e. The highest BCUT2D eigenvalue weighted by Gasteiger charge is 1.88. The van der Waals surface area contributed by atoms with E-state index in [1.807, 2.05) is 6.08 Å². The molecule has 0 heterocycles. The molecule has 0 aromatic rings. The van der Waals surface area contributed by atoms with Crippen molar-refractivity contribution < 1.29 is 0 Å². The standard InChI is InChI=1S/C8H15NS/c1-3-4-5-7(2)6-8(9)10/h6H,3-5H2,1-2H3,(H2,9,10). The van der Waals surface area contributed by atoms with E-state index in [0.29, 0.717) is 4.99 Å². The topological polar surface area (TPSA) is 26.0 Å². The summed E-state index contributed by atoms with van der Waals surface area (Å²) in [7, 11) is 0. The molecular formula is C8H15NS. The number of hydrogen-bond donors (Lipinski definition) is 1. The molecule has 0 amide bonds. The van der Waals surface area contributed by atoms with Gasteiger partial charge in [0.25, 0.3) is 0 Å². The van der Waals surface area contributed by atoms with Crippen LogP contribution in [0, 0.1) is 0 Å². The van der Waals surface area contributed by atoms with Gasteiger partial charge in [-0.2, -0.15) is 0 Å². The van der Waals surface area contributed by atoms with Crippen molar-refractivity contribution in [2.24, 2.45) is 5.73 Å². The summed E-state index contributed by atoms with van der Waals surface area (Å²) in [6.45, 7) is 4.24. The van der Waals surface area contributed by atoms with Crippen molar-refractivity contribution in [3.63, 3.8) is 0 Å². The molecule has 0 radical (unpaired) electrons. The van der Waals surface area contributed by atoms with Crippen molar-refractivity contribution in [2.75, 3.05) is 0 Å². The van der Waals surface area contributed by atoms with E-state index >= 15 is 0 Å². The Morgan fingerprint density at radius 3 is 2.60 bits per heavy atom. The Hall–Kier alpha value is -0.370. The van der Waals surface area contributed by atoms with E-state index in [-0.39, 0.29) is 0 Å². The van der Waals surface area contributed by atoms with Crippen LogP contribution in [0.1, 0.15) is 33.1 Å². The maximum Gasteiger partial charge on any atom is 0.0961 e. The molecule has 0 bridgehead atoms. The van der Waals surface area contributed by atoms with Gasteiger partial charge in [-0.3, -0.25) is 0 Å². The first kappa shape index (κ1) is 9.63. The third kappa shape index (κ3) is 5.76. The van der Waals surface area contributed by atoms with Crippen LogP contribution in [-0.4, -0.2) is 4.99 Å². The third-order valence-electron chi connectivity index (χ3n) is 1.31. The van der Waals surface area contributed by atoms with Crippen molar-refractivity contribution in [3.05, 3.63) is 11.6 Å². The summed E-state index contributed by atoms with van der Waals surface area (Å²) in [5.74, 6) is 0. The van der Waals surface area contributed by atoms with Crippen LogP contribution in [-0.2, 0) is 0 Å². The maximum atomic E-state index is 5.32. The van der Waals surface area contributed by atoms with E-state index in [1.165, 1.54) is 18.4 Å². The van der Waals surface area contributed by atoms with E-state index in [9.17, 15) is 0 Å². The third-order valence-corrected chi connectivity index (χ3v) is 1.43. The van der Waals surface area contributed by atoms with Gasteiger partial charge in [0.1, 0.15) is 0 Å². The van der Waals surface area contributed by atoms with Crippen LogP contribution in [0.4, 0.5) is 0 Å². The lowest BCUT2D eigenvalue weighted by molar-refractivity contribution is 0.788. The fraction of sp³-hybridized carbons (Fsp3) is 0.625. The zero-order chi connectivity index (χ0) is 7.98. The molecule has 0 aromatic heterocycles. The van der Waals surface area contributed by atoms with Crippen molar-refractivity contribution in [2.45, 2.75) is 33.1 Å². The highest BCUT2D eigenvalue weighted by atomic mass is 32.1. The van der Waals surface area contributed by atoms with Crippen molar-refractivity contribution in [3.8, 4) is 0 Å². The van der Waals surface area contributed by atoms with Crippen molar-refractivity contribution in [1.29, 1.82) is 0 Å². The van der Waals surface area contributed by atoms with Crippen LogP contribution >= 0.6 is 12.2 Å². The lowest BCUT2D eigenvalue weighted by Crippen LogP contribution is -2.03. The average Bonchev–Trinajstić information content (AvgIpc) is 1.82. The molecule has 0 atom stereocenters. The molecule has 0 fully saturated rings. The molecule has 0 aliphatic heterocycles. The fourth-order valence-corrected chi connectivity index (χ4v) is 0.972. The summed E-state index contributed by atoms with van der Waals surface area (Å²) in [6.07, 6.45) is 5.44. The lowest BCUT2D eigenvalue weighted by atomic mass is 10.1. The van der Waals surface area contributed by atoms with E-state index in [1.54, 1.807) is 0 Å². The molecule has 0 spiro atoms. The normalized spacial score (nSPS) is 11.6. The van der Waals surface area contributed by atoms with Crippen molar-refractivity contribution in [1.82, 2.24) is 0 Å². The minimum atomic E-state index is 0.494. The number of nitrogens with two attached hydrogens (primary N) is 1. The summed E-state index contributed by atoms with van der Waals surface area (Å²) in [4.78, 5) is 0.494. The Labute approximate surface area is 68.3 Å². The van der Waals surface area contributed by atoms with Crippen LogP contribution in [0.2, 0.25) is 0 Å². The number of rotatable bonds is 4. The van der Waals surface area contributed by atoms with Gasteiger partial charge in [-0.05, 0) is 25.8 Å². The molecule has 1 nitrogen and oxygen atoms in total. The molecule has 0 unspecified atom stereocenters. The Balaban J connectivity index is 3.60. The summed E-state index contributed by atoms with van der Waals surface area (Å²) >= 11 is 4.72. The average molecular weight is 157 g/mol. The van der Waals surface area contributed by atoms with Gasteiger partial charge < -0.3 is 5.73 Å². The van der Waals surface area contributed by atoms with Gasteiger partial charge in [0.2, 0.25) is 0 Å². The molecule has 2 N–H and O–H groups in total. The second-order valence-electron chi connectivity index (χ2n) is 2.50. The first-order chi connectivity index (χ1) is 4.66. The number of unbranched alkanes of at least 4 members (excludes halogenated alkanes) is 1. The number of hydrogen-bond acceptors (Lipinski definition) is 1. The monoisotopic (exact) mass is 157 g/mol. The minimum absolute atomic E-state index is 0.494. The summed E-state index contributed by atoms with van der Waals surface area (Å²) in [5, 5.41) is 0. The van der Waals surface area contributed by atoms with Gasteiger partial charge in [-0.15, -0.1) is 0 Å². The van der Waals surface area contributed by atoms with Gasteiger partial charge in [0.05, 0.1) is 4.99 Å². The van der Waals surface area contributed by atoms with Crippen LogP contribution in [0.5, 0.6) is 0 Å². The van der Waals surface area contributed by atoms with E-state index in [0.717, 1.165) is 6.42 Å². The first-order valence-electron chi connectivity index (χ1n) is 3.63. The SMILES string of the molecule is CCCCC(C)=CC(N)=S. The molecule has 10 heavy (non-hydrogen) atoms. The van der Waals surface area contributed by atoms with Crippen LogP contribution < -0.4 is 5.73 Å². The second kappa shape index (κ2) is 5.42. The molecular weight excluding hydrogens is 142 g/mol. The Morgan fingerprint density at radius 1 is 1.60 bits per heavy atom. The Morgan fingerprint density at radius 2 is 2.20 bits per heavy atom. The smallest absolute Gasteiger partial charge is 0.0961 e. The van der Waals surface area contributed by atoms with Crippen LogP contribution in [0.3, 0.4) is 0 Å². The molecule has 0 saturated heterocycles. The van der Waals surface area contributed by atoms with Crippen LogP contribution in [0.15, 0.2) is 11.6 Å². The molecule has 0 rings (SSSR count). The van der Waals surface area contributed by atoms with Gasteiger partial charge in [-0.25, -0.2) is 0 Å². The van der Waals surface area contributed by atoms with Gasteiger partial charge in [0, 0.05) is 0 Å². The number of allylic oxidation sites excluding steroid dienone is 1.